The van der Waals surface area contributed by atoms with Crippen molar-refractivity contribution in [2.75, 3.05) is 32.3 Å². The second-order valence-corrected chi connectivity index (χ2v) is 4.68. The van der Waals surface area contributed by atoms with E-state index in [-0.39, 0.29) is 24.4 Å². The lowest BCUT2D eigenvalue weighted by Crippen LogP contribution is -2.42. The summed E-state index contributed by atoms with van der Waals surface area (Å²) >= 11 is 1.70. The summed E-state index contributed by atoms with van der Waals surface area (Å²) in [6.07, 6.45) is 2.73. The Morgan fingerprint density at radius 2 is 2.19 bits per heavy atom. The molecule has 0 spiro atoms. The third kappa shape index (κ3) is 9.27. The van der Waals surface area contributed by atoms with Crippen LogP contribution in [0.1, 0.15) is 13.3 Å². The first-order valence-corrected chi connectivity index (χ1v) is 6.52. The Morgan fingerprint density at radius 1 is 1.56 bits per heavy atom. The first-order valence-electron chi connectivity index (χ1n) is 5.13. The quantitative estimate of drug-likeness (QED) is 0.688. The van der Waals surface area contributed by atoms with Crippen molar-refractivity contribution < 1.29 is 9.53 Å². The van der Waals surface area contributed by atoms with Crippen molar-refractivity contribution in [1.29, 1.82) is 0 Å². The van der Waals surface area contributed by atoms with Gasteiger partial charge in [0.25, 0.3) is 0 Å². The molecule has 0 fully saturated rings. The van der Waals surface area contributed by atoms with E-state index in [1.54, 1.807) is 18.9 Å². The minimum absolute atomic E-state index is 0. The molecule has 16 heavy (non-hydrogen) atoms. The summed E-state index contributed by atoms with van der Waals surface area (Å²) in [6, 6.07) is -0.382. The van der Waals surface area contributed by atoms with E-state index in [1.165, 1.54) is 0 Å². The van der Waals surface area contributed by atoms with Gasteiger partial charge in [0.2, 0.25) is 5.91 Å². The van der Waals surface area contributed by atoms with Crippen molar-refractivity contribution in [2.45, 2.75) is 19.4 Å². The molecule has 6 heteroatoms. The first-order chi connectivity index (χ1) is 7.11. The van der Waals surface area contributed by atoms with Gasteiger partial charge in [0.15, 0.2) is 0 Å². The number of hydrogen-bond donors (Lipinski definition) is 2. The highest BCUT2D eigenvalue weighted by atomic mass is 35.5. The van der Waals surface area contributed by atoms with Gasteiger partial charge in [-0.15, -0.1) is 12.4 Å². The number of amides is 1. The van der Waals surface area contributed by atoms with Crippen molar-refractivity contribution >= 4 is 30.1 Å². The SMILES string of the molecule is COCC(C)CNC(=O)[C@@H](N)CCSC.Cl. The van der Waals surface area contributed by atoms with Crippen LogP contribution in [0.5, 0.6) is 0 Å². The topological polar surface area (TPSA) is 64.3 Å². The average molecular weight is 271 g/mol. The summed E-state index contributed by atoms with van der Waals surface area (Å²) in [5.41, 5.74) is 5.71. The fraction of sp³-hybridized carbons (Fsp3) is 0.900. The Hall–Kier alpha value is 0.0300. The molecule has 0 saturated heterocycles. The maximum atomic E-state index is 11.5. The molecule has 3 N–H and O–H groups in total. The summed E-state index contributed by atoms with van der Waals surface area (Å²) in [6.45, 7) is 3.30. The van der Waals surface area contributed by atoms with Crippen LogP contribution in [0, 0.1) is 5.92 Å². The van der Waals surface area contributed by atoms with Crippen LogP contribution < -0.4 is 11.1 Å². The minimum Gasteiger partial charge on any atom is -0.384 e. The van der Waals surface area contributed by atoms with Crippen molar-refractivity contribution in [2.24, 2.45) is 11.7 Å². The maximum absolute atomic E-state index is 11.5. The Balaban J connectivity index is 0. The molecule has 0 rings (SSSR count). The summed E-state index contributed by atoms with van der Waals surface area (Å²) in [7, 11) is 1.66. The minimum atomic E-state index is -0.382. The molecule has 98 valence electrons. The van der Waals surface area contributed by atoms with Crippen LogP contribution in [0.25, 0.3) is 0 Å². The molecule has 0 aromatic rings. The summed E-state index contributed by atoms with van der Waals surface area (Å²) in [5.74, 6) is 1.18. The van der Waals surface area contributed by atoms with E-state index in [2.05, 4.69) is 5.32 Å². The number of carbonyl (C=O) groups excluding carboxylic acids is 1. The van der Waals surface area contributed by atoms with E-state index in [0.29, 0.717) is 19.1 Å². The van der Waals surface area contributed by atoms with Crippen LogP contribution >= 0.6 is 24.2 Å². The monoisotopic (exact) mass is 270 g/mol. The van der Waals surface area contributed by atoms with Gasteiger partial charge in [-0.05, 0) is 24.3 Å². The Bertz CT molecular complexity index is 184. The van der Waals surface area contributed by atoms with E-state index in [4.69, 9.17) is 10.5 Å². The average Bonchev–Trinajstić information content (AvgIpc) is 2.22. The number of carbonyl (C=O) groups is 1. The molecule has 0 saturated carbocycles. The molecule has 1 unspecified atom stereocenters. The molecular formula is C10H23ClN2O2S. The van der Waals surface area contributed by atoms with Crippen molar-refractivity contribution in [3.05, 3.63) is 0 Å². The van der Waals surface area contributed by atoms with Crippen molar-refractivity contribution in [1.82, 2.24) is 5.32 Å². The standard InChI is InChI=1S/C10H22N2O2S.ClH/c1-8(7-14-2)6-12-10(13)9(11)4-5-15-3;/h8-9H,4-7,11H2,1-3H3,(H,12,13);1H/t8?,9-;/m0./s1. The van der Waals surface area contributed by atoms with Crippen LogP contribution in [-0.4, -0.2) is 44.2 Å². The van der Waals surface area contributed by atoms with Gasteiger partial charge in [-0.1, -0.05) is 6.92 Å². The second-order valence-electron chi connectivity index (χ2n) is 3.69. The molecule has 0 aliphatic heterocycles. The van der Waals surface area contributed by atoms with Crippen molar-refractivity contribution in [3.8, 4) is 0 Å². The van der Waals surface area contributed by atoms with E-state index < -0.39 is 0 Å². The third-order valence-electron chi connectivity index (χ3n) is 2.05. The van der Waals surface area contributed by atoms with Crippen LogP contribution in [0.4, 0.5) is 0 Å². The fourth-order valence-corrected chi connectivity index (χ4v) is 1.61. The summed E-state index contributed by atoms with van der Waals surface area (Å²) < 4.78 is 4.98. The van der Waals surface area contributed by atoms with Gasteiger partial charge in [-0.3, -0.25) is 4.79 Å². The zero-order valence-corrected chi connectivity index (χ0v) is 11.8. The molecular weight excluding hydrogens is 248 g/mol. The van der Waals surface area contributed by atoms with Crippen LogP contribution in [0.2, 0.25) is 0 Å². The number of hydrogen-bond acceptors (Lipinski definition) is 4. The number of nitrogens with one attached hydrogen (secondary N) is 1. The Labute approximate surface area is 108 Å². The fourth-order valence-electron chi connectivity index (χ4n) is 1.13. The number of rotatable bonds is 8. The molecule has 0 heterocycles. The first kappa shape index (κ1) is 18.4. The van der Waals surface area contributed by atoms with Crippen LogP contribution in [-0.2, 0) is 9.53 Å². The highest BCUT2D eigenvalue weighted by Crippen LogP contribution is 1.99. The number of ether oxygens (including phenoxy) is 1. The smallest absolute Gasteiger partial charge is 0.236 e. The van der Waals surface area contributed by atoms with Gasteiger partial charge >= 0.3 is 0 Å². The maximum Gasteiger partial charge on any atom is 0.236 e. The predicted molar refractivity (Wildman–Crippen MR) is 72.3 cm³/mol. The van der Waals surface area contributed by atoms with Gasteiger partial charge in [0, 0.05) is 13.7 Å². The molecule has 0 aliphatic carbocycles. The molecule has 1 amide bonds. The zero-order valence-electron chi connectivity index (χ0n) is 10.2. The Morgan fingerprint density at radius 3 is 2.69 bits per heavy atom. The van der Waals surface area contributed by atoms with Crippen molar-refractivity contribution in [3.63, 3.8) is 0 Å². The normalized spacial score (nSPS) is 13.8. The molecule has 0 aromatic heterocycles. The summed E-state index contributed by atoms with van der Waals surface area (Å²) in [5, 5.41) is 2.82. The molecule has 2 atom stereocenters. The number of methoxy groups -OCH3 is 1. The van der Waals surface area contributed by atoms with Crippen LogP contribution in [0.3, 0.4) is 0 Å². The number of nitrogens with two attached hydrogens (primary N) is 1. The van der Waals surface area contributed by atoms with E-state index >= 15 is 0 Å². The van der Waals surface area contributed by atoms with Crippen LogP contribution in [0.15, 0.2) is 0 Å². The lowest BCUT2D eigenvalue weighted by atomic mass is 10.2. The van der Waals surface area contributed by atoms with E-state index in [0.717, 1.165) is 12.2 Å². The molecule has 4 nitrogen and oxygen atoms in total. The van der Waals surface area contributed by atoms with Gasteiger partial charge in [-0.25, -0.2) is 0 Å². The van der Waals surface area contributed by atoms with E-state index in [1.807, 2.05) is 13.2 Å². The van der Waals surface area contributed by atoms with Gasteiger partial charge in [0.05, 0.1) is 12.6 Å². The number of halogens is 1. The highest BCUT2D eigenvalue weighted by Gasteiger charge is 2.13. The lowest BCUT2D eigenvalue weighted by Gasteiger charge is -2.14. The largest absolute Gasteiger partial charge is 0.384 e. The number of thioether (sulfide) groups is 1. The highest BCUT2D eigenvalue weighted by molar-refractivity contribution is 7.98. The second kappa shape index (κ2) is 11.5. The van der Waals surface area contributed by atoms with E-state index in [9.17, 15) is 4.79 Å². The molecule has 0 radical (unpaired) electrons. The van der Waals surface area contributed by atoms with Gasteiger partial charge < -0.3 is 15.8 Å². The van der Waals surface area contributed by atoms with Gasteiger partial charge in [0.1, 0.15) is 0 Å². The molecule has 0 aromatic carbocycles. The lowest BCUT2D eigenvalue weighted by molar-refractivity contribution is -0.122. The predicted octanol–water partition coefficient (Wildman–Crippen LogP) is 0.887. The van der Waals surface area contributed by atoms with Gasteiger partial charge in [-0.2, -0.15) is 11.8 Å². The molecule has 0 bridgehead atoms. The zero-order chi connectivity index (χ0) is 11.7. The third-order valence-corrected chi connectivity index (χ3v) is 2.69. The molecule has 0 aliphatic rings. The Kier molecular flexibility index (Phi) is 13.2. The summed E-state index contributed by atoms with van der Waals surface area (Å²) in [4.78, 5) is 11.5.